The number of aliphatic hydroxyl groups is 1. The van der Waals surface area contributed by atoms with Gasteiger partial charge >= 0.3 is 0 Å². The molecule has 1 amide bonds. The molecule has 4 nitrogen and oxygen atoms in total. The highest BCUT2D eigenvalue weighted by atomic mass is 16.3. The number of rotatable bonds is 15. The summed E-state index contributed by atoms with van der Waals surface area (Å²) in [6.45, 7) is 3.99. The van der Waals surface area contributed by atoms with Crippen molar-refractivity contribution in [2.45, 2.75) is 110 Å². The summed E-state index contributed by atoms with van der Waals surface area (Å²) in [5.41, 5.74) is 0.0129. The zero-order valence-electron chi connectivity index (χ0n) is 17.2. The van der Waals surface area contributed by atoms with Crippen LogP contribution < -0.4 is 0 Å². The number of hydrogen-bond acceptors (Lipinski definition) is 3. The fourth-order valence-electron chi connectivity index (χ4n) is 3.54. The number of Topliss-reactive ketones (excluding diaryl/α,β-unsaturated/α-hetero) is 1. The lowest BCUT2D eigenvalue weighted by Crippen LogP contribution is -2.30. The number of amides is 1. The lowest BCUT2D eigenvalue weighted by molar-refractivity contribution is -0.128. The molecule has 0 saturated carbocycles. The molecular formula is C22H39NO3. The van der Waals surface area contributed by atoms with Gasteiger partial charge in [0.15, 0.2) is 5.78 Å². The maximum absolute atomic E-state index is 12.2. The number of unbranched alkanes of at least 4 members (excludes halogenated alkanes) is 12. The van der Waals surface area contributed by atoms with Crippen molar-refractivity contribution >= 4 is 11.7 Å². The molecule has 0 unspecified atom stereocenters. The molecule has 0 radical (unpaired) electrons. The third kappa shape index (κ3) is 7.51. The summed E-state index contributed by atoms with van der Waals surface area (Å²) in [5, 5.41) is 9.97. The molecule has 150 valence electrons. The largest absolute Gasteiger partial charge is 0.509 e. The fraction of sp³-hybridized carbons (Fsp3) is 0.818. The molecule has 1 aliphatic rings. The second kappa shape index (κ2) is 12.9. The molecule has 1 aliphatic heterocycles. The standard InChI is InChI=1S/C22H39NO3/c1-4-5-6-7-8-9-10-11-12-13-14-15-16-17-19(24)20-21(25)18(2)23(3)22(20)26/h18,25H,4-17H2,1-3H3/t18-/m0/s1. The number of aliphatic hydroxyl groups excluding tert-OH is 1. The van der Waals surface area contributed by atoms with Crippen molar-refractivity contribution in [1.29, 1.82) is 0 Å². The average Bonchev–Trinajstić information content (AvgIpc) is 2.82. The smallest absolute Gasteiger partial charge is 0.261 e. The average molecular weight is 366 g/mol. The Morgan fingerprint density at radius 3 is 1.69 bits per heavy atom. The van der Waals surface area contributed by atoms with E-state index in [2.05, 4.69) is 6.92 Å². The summed E-state index contributed by atoms with van der Waals surface area (Å²) in [6.07, 6.45) is 16.8. The lowest BCUT2D eigenvalue weighted by atomic mass is 10.0. The summed E-state index contributed by atoms with van der Waals surface area (Å²) in [6, 6.07) is -0.381. The fourth-order valence-corrected chi connectivity index (χ4v) is 3.54. The van der Waals surface area contributed by atoms with E-state index in [-0.39, 0.29) is 29.1 Å². The Bertz CT molecular complexity index is 470. The van der Waals surface area contributed by atoms with Gasteiger partial charge in [0, 0.05) is 13.5 Å². The first-order chi connectivity index (χ1) is 12.5. The Morgan fingerprint density at radius 2 is 1.31 bits per heavy atom. The lowest BCUT2D eigenvalue weighted by Gasteiger charge is -2.14. The van der Waals surface area contributed by atoms with Crippen LogP contribution in [-0.2, 0) is 9.59 Å². The highest BCUT2D eigenvalue weighted by Crippen LogP contribution is 2.24. The van der Waals surface area contributed by atoms with Crippen LogP contribution >= 0.6 is 0 Å². The van der Waals surface area contributed by atoms with Crippen molar-refractivity contribution in [3.63, 3.8) is 0 Å². The second-order valence-electron chi connectivity index (χ2n) is 7.77. The summed E-state index contributed by atoms with van der Waals surface area (Å²) >= 11 is 0. The summed E-state index contributed by atoms with van der Waals surface area (Å²) in [7, 11) is 1.62. The van der Waals surface area contributed by atoms with Crippen LogP contribution in [0.1, 0.15) is 104 Å². The number of ketones is 1. The Hall–Kier alpha value is -1.32. The Labute approximate surface area is 160 Å². The van der Waals surface area contributed by atoms with E-state index >= 15 is 0 Å². The minimum Gasteiger partial charge on any atom is -0.509 e. The highest BCUT2D eigenvalue weighted by molar-refractivity contribution is 6.21. The van der Waals surface area contributed by atoms with Gasteiger partial charge in [0.05, 0.1) is 6.04 Å². The van der Waals surface area contributed by atoms with E-state index in [0.717, 1.165) is 19.3 Å². The molecule has 1 heterocycles. The van der Waals surface area contributed by atoms with E-state index in [0.29, 0.717) is 6.42 Å². The number of likely N-dealkylation sites (N-methyl/N-ethyl adjacent to an activating group) is 1. The van der Waals surface area contributed by atoms with Crippen LogP contribution in [0.5, 0.6) is 0 Å². The Morgan fingerprint density at radius 1 is 0.885 bits per heavy atom. The molecule has 0 aromatic heterocycles. The second-order valence-corrected chi connectivity index (χ2v) is 7.77. The monoisotopic (exact) mass is 365 g/mol. The maximum atomic E-state index is 12.2. The maximum Gasteiger partial charge on any atom is 0.261 e. The molecule has 4 heteroatoms. The Kier molecular flexibility index (Phi) is 11.3. The number of nitrogens with zero attached hydrogens (tertiary/aromatic N) is 1. The van der Waals surface area contributed by atoms with Gasteiger partial charge in [-0.2, -0.15) is 0 Å². The first-order valence-electron chi connectivity index (χ1n) is 10.7. The van der Waals surface area contributed by atoms with Crippen molar-refractivity contribution in [3.8, 4) is 0 Å². The topological polar surface area (TPSA) is 57.6 Å². The summed E-state index contributed by atoms with van der Waals surface area (Å²) in [5.74, 6) is -0.598. The normalized spacial score (nSPS) is 17.4. The third-order valence-corrected chi connectivity index (χ3v) is 5.55. The zero-order chi connectivity index (χ0) is 19.4. The number of hydrogen-bond donors (Lipinski definition) is 1. The number of carbonyl (C=O) groups is 2. The minimum atomic E-state index is -0.381. The van der Waals surface area contributed by atoms with Gasteiger partial charge in [-0.3, -0.25) is 9.59 Å². The molecular weight excluding hydrogens is 326 g/mol. The predicted molar refractivity (Wildman–Crippen MR) is 107 cm³/mol. The van der Waals surface area contributed by atoms with E-state index in [1.54, 1.807) is 14.0 Å². The van der Waals surface area contributed by atoms with Gasteiger partial charge in [0.2, 0.25) is 0 Å². The molecule has 0 spiro atoms. The van der Waals surface area contributed by atoms with Crippen molar-refractivity contribution in [1.82, 2.24) is 4.90 Å². The molecule has 1 rings (SSSR count). The summed E-state index contributed by atoms with van der Waals surface area (Å²) in [4.78, 5) is 25.6. The van der Waals surface area contributed by atoms with Crippen LogP contribution in [0.3, 0.4) is 0 Å². The van der Waals surface area contributed by atoms with Crippen molar-refractivity contribution < 1.29 is 14.7 Å². The van der Waals surface area contributed by atoms with Gasteiger partial charge in [-0.15, -0.1) is 0 Å². The van der Waals surface area contributed by atoms with Gasteiger partial charge in [0.1, 0.15) is 11.3 Å². The number of carbonyl (C=O) groups excluding carboxylic acids is 2. The van der Waals surface area contributed by atoms with Crippen LogP contribution in [0.2, 0.25) is 0 Å². The van der Waals surface area contributed by atoms with Gasteiger partial charge < -0.3 is 10.0 Å². The van der Waals surface area contributed by atoms with E-state index in [4.69, 9.17) is 0 Å². The molecule has 0 aromatic carbocycles. The van der Waals surface area contributed by atoms with E-state index < -0.39 is 0 Å². The molecule has 0 fully saturated rings. The van der Waals surface area contributed by atoms with Gasteiger partial charge in [0.25, 0.3) is 5.91 Å². The highest BCUT2D eigenvalue weighted by Gasteiger charge is 2.37. The van der Waals surface area contributed by atoms with Crippen molar-refractivity contribution in [3.05, 3.63) is 11.3 Å². The van der Waals surface area contributed by atoms with Crippen LogP contribution in [0, 0.1) is 0 Å². The van der Waals surface area contributed by atoms with Crippen LogP contribution in [0.4, 0.5) is 0 Å². The van der Waals surface area contributed by atoms with Crippen LogP contribution in [0.15, 0.2) is 11.3 Å². The van der Waals surface area contributed by atoms with Gasteiger partial charge in [-0.05, 0) is 13.3 Å². The molecule has 0 saturated heterocycles. The first kappa shape index (κ1) is 22.7. The molecule has 26 heavy (non-hydrogen) atoms. The quantitative estimate of drug-likeness (QED) is 0.299. The van der Waals surface area contributed by atoms with Crippen molar-refractivity contribution in [2.24, 2.45) is 0 Å². The summed E-state index contributed by atoms with van der Waals surface area (Å²) < 4.78 is 0. The molecule has 1 N–H and O–H groups in total. The van der Waals surface area contributed by atoms with E-state index in [9.17, 15) is 14.7 Å². The van der Waals surface area contributed by atoms with Crippen LogP contribution in [-0.4, -0.2) is 34.8 Å². The molecule has 0 aliphatic carbocycles. The third-order valence-electron chi connectivity index (χ3n) is 5.55. The van der Waals surface area contributed by atoms with E-state index in [1.807, 2.05) is 0 Å². The SMILES string of the molecule is CCCCCCCCCCCCCCCC(=O)C1=C(O)[C@H](C)N(C)C1=O. The molecule has 0 aromatic rings. The van der Waals surface area contributed by atoms with Gasteiger partial charge in [-0.25, -0.2) is 0 Å². The zero-order valence-corrected chi connectivity index (χ0v) is 17.2. The van der Waals surface area contributed by atoms with Crippen LogP contribution in [0.25, 0.3) is 0 Å². The predicted octanol–water partition coefficient (Wildman–Crippen LogP) is 5.71. The molecule has 0 bridgehead atoms. The van der Waals surface area contributed by atoms with E-state index in [1.165, 1.54) is 69.1 Å². The first-order valence-corrected chi connectivity index (χ1v) is 10.7. The minimum absolute atomic E-state index is 0.0129. The Balaban J connectivity index is 1.99. The van der Waals surface area contributed by atoms with Gasteiger partial charge in [-0.1, -0.05) is 84.0 Å². The molecule has 1 atom stereocenters. The van der Waals surface area contributed by atoms with Crippen molar-refractivity contribution in [2.75, 3.05) is 7.05 Å².